The summed E-state index contributed by atoms with van der Waals surface area (Å²) in [4.78, 5) is 0. The molecule has 2 nitrogen and oxygen atoms in total. The van der Waals surface area contributed by atoms with E-state index in [9.17, 15) is 18.3 Å². The van der Waals surface area contributed by atoms with Gasteiger partial charge in [0.2, 0.25) is 0 Å². The van der Waals surface area contributed by atoms with Gasteiger partial charge < -0.3 is 10.4 Å². The van der Waals surface area contributed by atoms with Gasteiger partial charge in [-0.3, -0.25) is 0 Å². The van der Waals surface area contributed by atoms with Crippen molar-refractivity contribution in [2.75, 3.05) is 5.32 Å². The molecule has 0 bridgehead atoms. The van der Waals surface area contributed by atoms with Crippen LogP contribution in [-0.4, -0.2) is 17.3 Å². The third-order valence-electron chi connectivity index (χ3n) is 2.81. The van der Waals surface area contributed by atoms with Crippen LogP contribution >= 0.6 is 0 Å². The fourth-order valence-electron chi connectivity index (χ4n) is 1.97. The molecule has 0 unspecified atom stereocenters. The zero-order valence-corrected chi connectivity index (χ0v) is 8.51. The van der Waals surface area contributed by atoms with E-state index < -0.39 is 23.6 Å². The molecular weight excluding hydrogens is 219 g/mol. The van der Waals surface area contributed by atoms with E-state index in [-0.39, 0.29) is 11.7 Å². The van der Waals surface area contributed by atoms with E-state index in [1.54, 1.807) is 0 Å². The summed E-state index contributed by atoms with van der Waals surface area (Å²) in [6, 6.07) is 1.05. The summed E-state index contributed by atoms with van der Waals surface area (Å²) in [5, 5.41) is 12.1. The van der Waals surface area contributed by atoms with Crippen LogP contribution in [0.1, 0.15) is 19.3 Å². The minimum Gasteiger partial charge on any atom is -0.391 e. The summed E-state index contributed by atoms with van der Waals surface area (Å²) in [5.74, 6) is -3.18. The Morgan fingerprint density at radius 1 is 1.19 bits per heavy atom. The van der Waals surface area contributed by atoms with Gasteiger partial charge in [0.05, 0.1) is 17.8 Å². The maximum absolute atomic E-state index is 13.3. The van der Waals surface area contributed by atoms with Crippen molar-refractivity contribution in [1.82, 2.24) is 0 Å². The molecule has 1 saturated carbocycles. The molecule has 0 heterocycles. The summed E-state index contributed by atoms with van der Waals surface area (Å²) in [7, 11) is 0. The third kappa shape index (κ3) is 2.14. The topological polar surface area (TPSA) is 32.3 Å². The number of anilines is 1. The molecule has 1 aromatic rings. The lowest BCUT2D eigenvalue weighted by Gasteiger charge is -2.18. The number of hydrogen-bond donors (Lipinski definition) is 2. The van der Waals surface area contributed by atoms with Gasteiger partial charge in [-0.1, -0.05) is 0 Å². The summed E-state index contributed by atoms with van der Waals surface area (Å²) < 4.78 is 39.0. The fraction of sp³-hybridized carbons (Fsp3) is 0.455. The standard InChI is InChI=1S/C11H12F3NO/c12-6-4-7(13)11(14)9(5-6)15-8-2-1-3-10(8)16/h4-5,8,10,15-16H,1-3H2/t8-,10-/m1/s1. The predicted octanol–water partition coefficient (Wildman–Crippen LogP) is 2.43. The molecule has 1 fully saturated rings. The quantitative estimate of drug-likeness (QED) is 0.766. The van der Waals surface area contributed by atoms with Gasteiger partial charge in [-0.15, -0.1) is 0 Å². The summed E-state index contributed by atoms with van der Waals surface area (Å²) >= 11 is 0. The Morgan fingerprint density at radius 2 is 1.94 bits per heavy atom. The number of aliphatic hydroxyl groups is 1. The number of nitrogens with one attached hydrogen (secondary N) is 1. The number of hydrogen-bond acceptors (Lipinski definition) is 2. The van der Waals surface area contributed by atoms with Gasteiger partial charge in [-0.05, 0) is 19.3 Å². The summed E-state index contributed by atoms with van der Waals surface area (Å²) in [6.07, 6.45) is 1.51. The van der Waals surface area contributed by atoms with E-state index in [2.05, 4.69) is 5.32 Å². The fourth-order valence-corrected chi connectivity index (χ4v) is 1.97. The van der Waals surface area contributed by atoms with E-state index >= 15 is 0 Å². The van der Waals surface area contributed by atoms with Crippen molar-refractivity contribution >= 4 is 5.69 Å². The van der Waals surface area contributed by atoms with E-state index in [4.69, 9.17) is 0 Å². The van der Waals surface area contributed by atoms with Crippen LogP contribution in [0.15, 0.2) is 12.1 Å². The normalized spacial score (nSPS) is 24.8. The van der Waals surface area contributed by atoms with Gasteiger partial charge in [0.25, 0.3) is 0 Å². The first kappa shape index (κ1) is 11.3. The monoisotopic (exact) mass is 231 g/mol. The Morgan fingerprint density at radius 3 is 2.56 bits per heavy atom. The van der Waals surface area contributed by atoms with Crippen LogP contribution in [0, 0.1) is 17.5 Å². The molecule has 2 atom stereocenters. The molecule has 5 heteroatoms. The molecule has 1 aliphatic rings. The van der Waals surface area contributed by atoms with Crippen molar-refractivity contribution in [3.05, 3.63) is 29.6 Å². The molecule has 0 radical (unpaired) electrons. The molecule has 0 aromatic heterocycles. The van der Waals surface area contributed by atoms with E-state index in [0.717, 1.165) is 12.5 Å². The molecule has 16 heavy (non-hydrogen) atoms. The van der Waals surface area contributed by atoms with Crippen molar-refractivity contribution < 1.29 is 18.3 Å². The highest BCUT2D eigenvalue weighted by Crippen LogP contribution is 2.26. The van der Waals surface area contributed by atoms with Gasteiger partial charge in [0, 0.05) is 12.1 Å². The molecule has 2 N–H and O–H groups in total. The maximum atomic E-state index is 13.3. The Bertz CT molecular complexity index is 397. The van der Waals surface area contributed by atoms with Crippen molar-refractivity contribution in [3.8, 4) is 0 Å². The second-order valence-corrected chi connectivity index (χ2v) is 4.00. The smallest absolute Gasteiger partial charge is 0.182 e. The minimum atomic E-state index is -1.23. The van der Waals surface area contributed by atoms with E-state index in [1.807, 2.05) is 0 Å². The van der Waals surface area contributed by atoms with Gasteiger partial charge in [-0.2, -0.15) is 0 Å². The molecule has 2 rings (SSSR count). The molecule has 88 valence electrons. The van der Waals surface area contributed by atoms with E-state index in [1.165, 1.54) is 0 Å². The zero-order chi connectivity index (χ0) is 11.7. The molecule has 0 amide bonds. The van der Waals surface area contributed by atoms with Gasteiger partial charge >= 0.3 is 0 Å². The van der Waals surface area contributed by atoms with Gasteiger partial charge in [0.15, 0.2) is 11.6 Å². The average molecular weight is 231 g/mol. The third-order valence-corrected chi connectivity index (χ3v) is 2.81. The maximum Gasteiger partial charge on any atom is 0.182 e. The van der Waals surface area contributed by atoms with Crippen molar-refractivity contribution in [1.29, 1.82) is 0 Å². The van der Waals surface area contributed by atoms with Crippen LogP contribution in [-0.2, 0) is 0 Å². The molecule has 1 aliphatic carbocycles. The minimum absolute atomic E-state index is 0.233. The van der Waals surface area contributed by atoms with E-state index in [0.29, 0.717) is 18.9 Å². The number of halogens is 3. The Labute approximate surface area is 91.1 Å². The summed E-state index contributed by atoms with van der Waals surface area (Å²) in [6.45, 7) is 0. The van der Waals surface area contributed by atoms with Crippen LogP contribution in [0.2, 0.25) is 0 Å². The number of rotatable bonds is 2. The first-order valence-corrected chi connectivity index (χ1v) is 5.17. The largest absolute Gasteiger partial charge is 0.391 e. The van der Waals surface area contributed by atoms with Crippen molar-refractivity contribution in [2.24, 2.45) is 0 Å². The Kier molecular flexibility index (Phi) is 3.05. The van der Waals surface area contributed by atoms with Crippen LogP contribution < -0.4 is 5.32 Å². The van der Waals surface area contributed by atoms with Crippen LogP contribution in [0.5, 0.6) is 0 Å². The highest BCUT2D eigenvalue weighted by atomic mass is 19.2. The second-order valence-electron chi connectivity index (χ2n) is 4.00. The first-order valence-electron chi connectivity index (χ1n) is 5.17. The lowest BCUT2D eigenvalue weighted by molar-refractivity contribution is 0.171. The highest BCUT2D eigenvalue weighted by Gasteiger charge is 2.26. The van der Waals surface area contributed by atoms with Crippen molar-refractivity contribution in [3.63, 3.8) is 0 Å². The zero-order valence-electron chi connectivity index (χ0n) is 8.51. The van der Waals surface area contributed by atoms with Crippen LogP contribution in [0.25, 0.3) is 0 Å². The average Bonchev–Trinajstić information content (AvgIpc) is 2.60. The predicted molar refractivity (Wildman–Crippen MR) is 53.6 cm³/mol. The number of aliphatic hydroxyl groups excluding tert-OH is 1. The number of benzene rings is 1. The van der Waals surface area contributed by atoms with Crippen molar-refractivity contribution in [2.45, 2.75) is 31.4 Å². The van der Waals surface area contributed by atoms with Crippen LogP contribution in [0.4, 0.5) is 18.9 Å². The lowest BCUT2D eigenvalue weighted by Crippen LogP contribution is -2.28. The molecule has 0 aliphatic heterocycles. The highest BCUT2D eigenvalue weighted by molar-refractivity contribution is 5.46. The first-order chi connectivity index (χ1) is 7.58. The summed E-state index contributed by atoms with van der Waals surface area (Å²) in [5.41, 5.74) is -0.233. The van der Waals surface area contributed by atoms with Gasteiger partial charge in [-0.25, -0.2) is 13.2 Å². The Balaban J connectivity index is 2.20. The molecular formula is C11H12F3NO. The Hall–Kier alpha value is -1.23. The SMILES string of the molecule is O[C@@H]1CCC[C@H]1Nc1cc(F)cc(F)c1F. The molecule has 0 spiro atoms. The lowest BCUT2D eigenvalue weighted by atomic mass is 10.2. The van der Waals surface area contributed by atoms with Crippen LogP contribution in [0.3, 0.4) is 0 Å². The molecule has 1 aromatic carbocycles. The molecule has 0 saturated heterocycles. The van der Waals surface area contributed by atoms with Gasteiger partial charge in [0.1, 0.15) is 5.82 Å². The second kappa shape index (κ2) is 4.33.